The number of halogens is 3. The highest BCUT2D eigenvalue weighted by molar-refractivity contribution is 5.88. The van der Waals surface area contributed by atoms with Crippen LogP contribution in [0.4, 0.5) is 13.2 Å². The van der Waals surface area contributed by atoms with Gasteiger partial charge in [-0.25, -0.2) is 0 Å². The van der Waals surface area contributed by atoms with Crippen LogP contribution < -0.4 is 0 Å². The molecule has 0 aromatic heterocycles. The summed E-state index contributed by atoms with van der Waals surface area (Å²) in [7, 11) is 0. The van der Waals surface area contributed by atoms with Gasteiger partial charge in [-0.3, -0.25) is 9.53 Å². The van der Waals surface area contributed by atoms with Crippen LogP contribution in [0, 0.1) is 28.1 Å². The normalized spacial score (nSPS) is 22.6. The second-order valence-corrected chi connectivity index (χ2v) is 5.05. The molecule has 0 spiro atoms. The van der Waals surface area contributed by atoms with Crippen molar-refractivity contribution in [2.45, 2.75) is 39.2 Å². The average Bonchev–Trinajstić information content (AvgIpc) is 2.22. The molecular formula is C12H11F3N2O2. The number of carbonyl (C=O) groups excluding carboxylic acids is 1. The fraction of sp³-hybridized carbons (Fsp3) is 0.583. The third kappa shape index (κ3) is 3.80. The number of hydrogen-bond donors (Lipinski definition) is 0. The number of nitriles is 2. The minimum absolute atomic E-state index is 0.0376. The number of allylic oxidation sites excluding steroid dienone is 1. The zero-order valence-electron chi connectivity index (χ0n) is 10.3. The van der Waals surface area contributed by atoms with E-state index in [2.05, 4.69) is 4.74 Å². The number of alkyl halides is 3. The monoisotopic (exact) mass is 272 g/mol. The van der Waals surface area contributed by atoms with Crippen molar-refractivity contribution in [1.82, 2.24) is 0 Å². The Morgan fingerprint density at radius 2 is 1.84 bits per heavy atom. The lowest BCUT2D eigenvalue weighted by molar-refractivity contribution is -0.334. The Balaban J connectivity index is 3.26. The number of nitrogens with zero attached hydrogens (tertiary/aromatic N) is 2. The molecule has 0 saturated heterocycles. The highest BCUT2D eigenvalue weighted by Crippen LogP contribution is 2.40. The van der Waals surface area contributed by atoms with E-state index in [1.807, 2.05) is 0 Å². The second-order valence-electron chi connectivity index (χ2n) is 5.05. The maximum absolute atomic E-state index is 12.3. The highest BCUT2D eigenvalue weighted by atomic mass is 19.4. The van der Waals surface area contributed by atoms with E-state index >= 15 is 0 Å². The molecule has 1 saturated carbocycles. The summed E-state index contributed by atoms with van der Waals surface area (Å²) in [5, 5.41) is 17.5. The summed E-state index contributed by atoms with van der Waals surface area (Å²) in [5.41, 5.74) is -1.28. The van der Waals surface area contributed by atoms with Gasteiger partial charge in [0.15, 0.2) is 5.78 Å². The van der Waals surface area contributed by atoms with Gasteiger partial charge in [-0.2, -0.15) is 10.5 Å². The number of carbonyl (C=O) groups is 1. The van der Waals surface area contributed by atoms with E-state index in [0.29, 0.717) is 0 Å². The highest BCUT2D eigenvalue weighted by Gasteiger charge is 2.45. The van der Waals surface area contributed by atoms with Gasteiger partial charge in [-0.1, -0.05) is 13.8 Å². The van der Waals surface area contributed by atoms with Crippen molar-refractivity contribution in [2.24, 2.45) is 5.41 Å². The number of ether oxygens (including phenoxy) is 1. The van der Waals surface area contributed by atoms with E-state index in [1.165, 1.54) is 12.1 Å². The van der Waals surface area contributed by atoms with E-state index in [1.54, 1.807) is 13.8 Å². The van der Waals surface area contributed by atoms with Gasteiger partial charge >= 0.3 is 6.36 Å². The zero-order valence-corrected chi connectivity index (χ0v) is 10.3. The number of hydrogen-bond acceptors (Lipinski definition) is 4. The van der Waals surface area contributed by atoms with Crippen LogP contribution >= 0.6 is 0 Å². The number of rotatable bonds is 1. The molecule has 0 aromatic carbocycles. The Labute approximate surface area is 108 Å². The van der Waals surface area contributed by atoms with Crippen molar-refractivity contribution in [3.63, 3.8) is 0 Å². The summed E-state index contributed by atoms with van der Waals surface area (Å²) in [5.74, 6) is -0.772. The third-order valence-electron chi connectivity index (χ3n) is 2.73. The molecule has 1 fully saturated rings. The average molecular weight is 272 g/mol. The van der Waals surface area contributed by atoms with Crippen molar-refractivity contribution < 1.29 is 22.7 Å². The SMILES string of the molecule is CC1(C)CC(=O)C(OC(F)(F)F)C(=C(C#N)C#N)C1. The predicted molar refractivity (Wildman–Crippen MR) is 57.2 cm³/mol. The molecule has 0 bridgehead atoms. The summed E-state index contributed by atoms with van der Waals surface area (Å²) in [6.07, 6.45) is -6.94. The second kappa shape index (κ2) is 5.02. The molecule has 1 aliphatic rings. The van der Waals surface area contributed by atoms with Gasteiger partial charge in [0, 0.05) is 6.42 Å². The van der Waals surface area contributed by atoms with Crippen LogP contribution in [-0.2, 0) is 9.53 Å². The lowest BCUT2D eigenvalue weighted by Crippen LogP contribution is -2.41. The Morgan fingerprint density at radius 1 is 1.32 bits per heavy atom. The van der Waals surface area contributed by atoms with Crippen molar-refractivity contribution in [1.29, 1.82) is 10.5 Å². The van der Waals surface area contributed by atoms with Gasteiger partial charge in [-0.05, 0) is 17.4 Å². The van der Waals surface area contributed by atoms with E-state index in [0.717, 1.165) is 0 Å². The first-order chi connectivity index (χ1) is 8.59. The Hall–Kier alpha value is -1.86. The first kappa shape index (κ1) is 15.2. The maximum atomic E-state index is 12.3. The molecule has 19 heavy (non-hydrogen) atoms. The Morgan fingerprint density at radius 3 is 2.26 bits per heavy atom. The maximum Gasteiger partial charge on any atom is 0.523 e. The fourth-order valence-corrected chi connectivity index (χ4v) is 2.09. The molecule has 7 heteroatoms. The molecule has 0 N–H and O–H groups in total. The molecule has 1 atom stereocenters. The molecule has 1 unspecified atom stereocenters. The van der Waals surface area contributed by atoms with E-state index in [-0.39, 0.29) is 18.4 Å². The van der Waals surface area contributed by atoms with E-state index in [4.69, 9.17) is 10.5 Å². The van der Waals surface area contributed by atoms with Gasteiger partial charge < -0.3 is 0 Å². The van der Waals surface area contributed by atoms with Crippen LogP contribution in [0.2, 0.25) is 0 Å². The number of ketones is 1. The summed E-state index contributed by atoms with van der Waals surface area (Å²) in [4.78, 5) is 11.8. The van der Waals surface area contributed by atoms with Crippen LogP contribution in [0.25, 0.3) is 0 Å². The Kier molecular flexibility index (Phi) is 4.02. The van der Waals surface area contributed by atoms with Gasteiger partial charge in [0.2, 0.25) is 0 Å². The van der Waals surface area contributed by atoms with Gasteiger partial charge in [0.05, 0.1) is 0 Å². The molecule has 0 radical (unpaired) electrons. The summed E-state index contributed by atoms with van der Waals surface area (Å²) in [6.45, 7) is 3.36. The van der Waals surface area contributed by atoms with E-state index in [9.17, 15) is 18.0 Å². The minimum Gasteiger partial charge on any atom is -0.296 e. The predicted octanol–water partition coefficient (Wildman–Crippen LogP) is 2.62. The lowest BCUT2D eigenvalue weighted by Gasteiger charge is -2.35. The van der Waals surface area contributed by atoms with Crippen LogP contribution in [-0.4, -0.2) is 18.2 Å². The first-order valence-electron chi connectivity index (χ1n) is 5.40. The largest absolute Gasteiger partial charge is 0.523 e. The summed E-state index contributed by atoms with van der Waals surface area (Å²) < 4.78 is 40.6. The third-order valence-corrected chi connectivity index (χ3v) is 2.73. The molecule has 4 nitrogen and oxygen atoms in total. The van der Waals surface area contributed by atoms with Gasteiger partial charge in [0.1, 0.15) is 23.8 Å². The van der Waals surface area contributed by atoms with Crippen molar-refractivity contribution >= 4 is 5.78 Å². The molecule has 1 rings (SSSR count). The smallest absolute Gasteiger partial charge is 0.296 e. The first-order valence-corrected chi connectivity index (χ1v) is 5.40. The molecule has 0 aromatic rings. The lowest BCUT2D eigenvalue weighted by atomic mass is 9.72. The van der Waals surface area contributed by atoms with Crippen molar-refractivity contribution in [3.8, 4) is 12.1 Å². The summed E-state index contributed by atoms with van der Waals surface area (Å²) in [6, 6.07) is 3.03. The summed E-state index contributed by atoms with van der Waals surface area (Å²) >= 11 is 0. The van der Waals surface area contributed by atoms with E-state index < -0.39 is 29.2 Å². The van der Waals surface area contributed by atoms with Crippen LogP contribution in [0.3, 0.4) is 0 Å². The molecule has 1 aliphatic carbocycles. The van der Waals surface area contributed by atoms with Crippen LogP contribution in [0.15, 0.2) is 11.1 Å². The van der Waals surface area contributed by atoms with Crippen molar-refractivity contribution in [3.05, 3.63) is 11.1 Å². The topological polar surface area (TPSA) is 73.9 Å². The van der Waals surface area contributed by atoms with Crippen LogP contribution in [0.5, 0.6) is 0 Å². The molecule has 0 amide bonds. The molecule has 102 valence electrons. The molecular weight excluding hydrogens is 261 g/mol. The number of Topliss-reactive ketones (excluding diaryl/α,β-unsaturated/α-hetero) is 1. The molecule has 0 aliphatic heterocycles. The fourth-order valence-electron chi connectivity index (χ4n) is 2.09. The van der Waals surface area contributed by atoms with Crippen LogP contribution in [0.1, 0.15) is 26.7 Å². The Bertz CT molecular complexity index is 491. The van der Waals surface area contributed by atoms with Gasteiger partial charge in [0.25, 0.3) is 0 Å². The molecule has 0 heterocycles. The quantitative estimate of drug-likeness (QED) is 0.688. The standard InChI is InChI=1S/C12H11F3N2O2/c1-11(2)3-8(7(5-16)6-17)10(9(18)4-11)19-12(13,14)15/h10H,3-4H2,1-2H3. The van der Waals surface area contributed by atoms with Gasteiger partial charge in [-0.15, -0.1) is 13.2 Å². The minimum atomic E-state index is -5.00. The van der Waals surface area contributed by atoms with Crippen molar-refractivity contribution in [2.75, 3.05) is 0 Å². The zero-order chi connectivity index (χ0) is 14.8.